The Morgan fingerprint density at radius 2 is 1.85 bits per heavy atom. The summed E-state index contributed by atoms with van der Waals surface area (Å²) in [5.41, 5.74) is 0.0417. The van der Waals surface area contributed by atoms with Gasteiger partial charge < -0.3 is 10.0 Å². The van der Waals surface area contributed by atoms with E-state index in [1.807, 2.05) is 19.2 Å². The maximum atomic E-state index is 11.1. The molecule has 13 heavy (non-hydrogen) atoms. The number of hydrogen-bond acceptors (Lipinski definition) is 4. The van der Waals surface area contributed by atoms with E-state index >= 15 is 0 Å². The van der Waals surface area contributed by atoms with E-state index in [1.54, 1.807) is 11.9 Å². The normalized spacial score (nSPS) is 16.9. The smallest absolute Gasteiger partial charge is 0.295 e. The first-order chi connectivity index (χ1) is 5.95. The Labute approximate surface area is 76.0 Å². The molecule has 72 valence electrons. The van der Waals surface area contributed by atoms with Crippen LogP contribution in [0.2, 0.25) is 0 Å². The molecule has 0 aromatic rings. The van der Waals surface area contributed by atoms with Crippen molar-refractivity contribution in [3.8, 4) is 0 Å². The largest absolute Gasteiger partial charge is 0.501 e. The third-order valence-electron chi connectivity index (χ3n) is 2.01. The first-order valence-electron chi connectivity index (χ1n) is 3.97. The Balaban J connectivity index is 3.02. The van der Waals surface area contributed by atoms with Crippen LogP contribution in [0.15, 0.2) is 11.5 Å². The minimum absolute atomic E-state index is 0.0417. The molecular weight excluding hydrogens is 172 g/mol. The van der Waals surface area contributed by atoms with E-state index in [0.717, 1.165) is 0 Å². The number of nitrogens with one attached hydrogen (secondary N) is 1. The lowest BCUT2D eigenvalue weighted by atomic mass is 10.3. The van der Waals surface area contributed by atoms with Gasteiger partial charge in [0.05, 0.1) is 0 Å². The molecule has 0 radical (unpaired) electrons. The number of nitrogens with zero attached hydrogens (tertiary/aromatic N) is 1. The van der Waals surface area contributed by atoms with E-state index in [2.05, 4.69) is 0 Å². The van der Waals surface area contributed by atoms with Gasteiger partial charge in [-0.15, -0.1) is 0 Å². The molecule has 0 spiro atoms. The predicted molar refractivity (Wildman–Crippen MR) is 45.7 cm³/mol. The monoisotopic (exact) mass is 184 g/mol. The highest BCUT2D eigenvalue weighted by Crippen LogP contribution is 2.15. The van der Waals surface area contributed by atoms with E-state index in [0.29, 0.717) is 0 Å². The van der Waals surface area contributed by atoms with Gasteiger partial charge in [0.15, 0.2) is 5.70 Å². The number of imide groups is 1. The molecule has 0 saturated carbocycles. The molecule has 1 heterocycles. The molecule has 5 nitrogen and oxygen atoms in total. The Morgan fingerprint density at radius 3 is 2.15 bits per heavy atom. The molecule has 2 N–H and O–H groups in total. The molecule has 0 unspecified atom stereocenters. The summed E-state index contributed by atoms with van der Waals surface area (Å²) in [5.74, 6) is -1.77. The Hall–Kier alpha value is -1.52. The number of carbonyl (C=O) groups is 2. The van der Waals surface area contributed by atoms with Gasteiger partial charge in [0.1, 0.15) is 0 Å². The van der Waals surface area contributed by atoms with Crippen LogP contribution in [-0.4, -0.2) is 34.9 Å². The number of amides is 2. The Kier molecular flexibility index (Phi) is 2.27. The van der Waals surface area contributed by atoms with Crippen molar-refractivity contribution in [2.24, 2.45) is 0 Å². The maximum absolute atomic E-state index is 11.1. The molecule has 1 rings (SSSR count). The van der Waals surface area contributed by atoms with Crippen molar-refractivity contribution in [3.05, 3.63) is 11.5 Å². The van der Waals surface area contributed by atoms with Crippen LogP contribution in [0.1, 0.15) is 13.8 Å². The Bertz CT molecular complexity index is 294. The molecule has 0 aliphatic carbocycles. The van der Waals surface area contributed by atoms with E-state index in [9.17, 15) is 14.7 Å². The molecular formula is C8H12N2O3. The van der Waals surface area contributed by atoms with Crippen molar-refractivity contribution in [2.45, 2.75) is 19.9 Å². The summed E-state index contributed by atoms with van der Waals surface area (Å²) in [4.78, 5) is 23.6. The summed E-state index contributed by atoms with van der Waals surface area (Å²) in [6.45, 7) is 3.71. The number of carbonyl (C=O) groups excluding carboxylic acids is 2. The fraction of sp³-hybridized carbons (Fsp3) is 0.500. The lowest BCUT2D eigenvalue weighted by Crippen LogP contribution is -2.32. The molecule has 0 atom stereocenters. The predicted octanol–water partition coefficient (Wildman–Crippen LogP) is -0.247. The fourth-order valence-electron chi connectivity index (χ4n) is 1.02. The molecule has 5 heteroatoms. The van der Waals surface area contributed by atoms with Gasteiger partial charge in [-0.25, -0.2) is 0 Å². The lowest BCUT2D eigenvalue weighted by Gasteiger charge is -2.22. The number of rotatable bonds is 2. The lowest BCUT2D eigenvalue weighted by molar-refractivity contribution is -0.125. The van der Waals surface area contributed by atoms with Gasteiger partial charge in [0, 0.05) is 13.1 Å². The first kappa shape index (κ1) is 9.57. The summed E-state index contributed by atoms with van der Waals surface area (Å²) >= 11 is 0. The second-order valence-electron chi connectivity index (χ2n) is 3.19. The van der Waals surface area contributed by atoms with Crippen LogP contribution in [0.4, 0.5) is 0 Å². The fourth-order valence-corrected chi connectivity index (χ4v) is 1.02. The molecule has 0 bridgehead atoms. The number of likely N-dealkylation sites (N-methyl/N-ethyl adjacent to an activating group) is 1. The minimum Gasteiger partial charge on any atom is -0.501 e. The highest BCUT2D eigenvalue weighted by atomic mass is 16.3. The molecule has 2 amide bonds. The molecule has 0 fully saturated rings. The van der Waals surface area contributed by atoms with Crippen LogP contribution in [0.25, 0.3) is 0 Å². The summed E-state index contributed by atoms with van der Waals surface area (Å²) in [6.07, 6.45) is 0. The molecule has 0 saturated heterocycles. The topological polar surface area (TPSA) is 69.6 Å². The summed E-state index contributed by atoms with van der Waals surface area (Å²) in [5, 5.41) is 11.3. The van der Waals surface area contributed by atoms with Gasteiger partial charge in [-0.3, -0.25) is 14.9 Å². The standard InChI is InChI=1S/C8H12N2O3/c1-4(2)10(3)5-6(11)8(13)9-7(5)12/h4H,1-3H3,(H2,9,11,12,13). The van der Waals surface area contributed by atoms with Gasteiger partial charge in [-0.05, 0) is 13.8 Å². The second-order valence-corrected chi connectivity index (χ2v) is 3.19. The summed E-state index contributed by atoms with van der Waals surface area (Å²) in [7, 11) is 1.65. The van der Waals surface area contributed by atoms with Crippen LogP contribution >= 0.6 is 0 Å². The zero-order valence-corrected chi connectivity index (χ0v) is 7.79. The molecule has 0 aromatic carbocycles. The number of aliphatic hydroxyl groups is 1. The SMILES string of the molecule is CC(C)N(C)C1=C(O)C(=O)NC1=O. The zero-order valence-electron chi connectivity index (χ0n) is 7.79. The van der Waals surface area contributed by atoms with Gasteiger partial charge in [0.2, 0.25) is 5.76 Å². The second kappa shape index (κ2) is 3.08. The van der Waals surface area contributed by atoms with Crippen LogP contribution < -0.4 is 5.32 Å². The maximum Gasteiger partial charge on any atom is 0.295 e. The van der Waals surface area contributed by atoms with E-state index < -0.39 is 17.6 Å². The van der Waals surface area contributed by atoms with E-state index in [1.165, 1.54) is 0 Å². The van der Waals surface area contributed by atoms with E-state index in [-0.39, 0.29) is 11.7 Å². The van der Waals surface area contributed by atoms with Crippen molar-refractivity contribution in [1.29, 1.82) is 0 Å². The third kappa shape index (κ3) is 1.49. The first-order valence-corrected chi connectivity index (χ1v) is 3.97. The Morgan fingerprint density at radius 1 is 1.31 bits per heavy atom. The number of hydrogen-bond donors (Lipinski definition) is 2. The third-order valence-corrected chi connectivity index (χ3v) is 2.01. The van der Waals surface area contributed by atoms with E-state index in [4.69, 9.17) is 0 Å². The van der Waals surface area contributed by atoms with Gasteiger partial charge in [0.25, 0.3) is 11.8 Å². The highest BCUT2D eigenvalue weighted by Gasteiger charge is 2.33. The van der Waals surface area contributed by atoms with Gasteiger partial charge >= 0.3 is 0 Å². The molecule has 1 aliphatic rings. The van der Waals surface area contributed by atoms with Crippen molar-refractivity contribution in [3.63, 3.8) is 0 Å². The summed E-state index contributed by atoms with van der Waals surface area (Å²) in [6, 6.07) is 0.0498. The molecule has 0 aromatic heterocycles. The minimum atomic E-state index is -0.729. The molecule has 1 aliphatic heterocycles. The van der Waals surface area contributed by atoms with Gasteiger partial charge in [-0.1, -0.05) is 0 Å². The van der Waals surface area contributed by atoms with Crippen molar-refractivity contribution in [2.75, 3.05) is 7.05 Å². The summed E-state index contributed by atoms with van der Waals surface area (Å²) < 4.78 is 0. The zero-order chi connectivity index (χ0) is 10.2. The number of aliphatic hydroxyl groups excluding tert-OH is 1. The van der Waals surface area contributed by atoms with Crippen molar-refractivity contribution >= 4 is 11.8 Å². The highest BCUT2D eigenvalue weighted by molar-refractivity contribution is 6.17. The van der Waals surface area contributed by atoms with Crippen LogP contribution in [0, 0.1) is 0 Å². The average Bonchev–Trinajstić information content (AvgIpc) is 2.26. The van der Waals surface area contributed by atoms with Crippen LogP contribution in [0.3, 0.4) is 0 Å². The van der Waals surface area contributed by atoms with Crippen molar-refractivity contribution in [1.82, 2.24) is 10.2 Å². The quantitative estimate of drug-likeness (QED) is 0.581. The van der Waals surface area contributed by atoms with Crippen LogP contribution in [-0.2, 0) is 9.59 Å². The average molecular weight is 184 g/mol. The van der Waals surface area contributed by atoms with Crippen LogP contribution in [0.5, 0.6) is 0 Å². The van der Waals surface area contributed by atoms with Crippen molar-refractivity contribution < 1.29 is 14.7 Å². The van der Waals surface area contributed by atoms with Gasteiger partial charge in [-0.2, -0.15) is 0 Å².